The molecule has 0 saturated heterocycles. The van der Waals surface area contributed by atoms with Crippen LogP contribution in [0, 0.1) is 23.0 Å². The van der Waals surface area contributed by atoms with Crippen molar-refractivity contribution in [2.24, 2.45) is 0 Å². The summed E-state index contributed by atoms with van der Waals surface area (Å²) in [5.41, 5.74) is -0.642. The average molecular weight is 254 g/mol. The molecule has 1 rings (SSSR count). The number of nitrogens with one attached hydrogen (secondary N) is 1. The molecule has 0 saturated carbocycles. The van der Waals surface area contributed by atoms with E-state index >= 15 is 0 Å². The molecule has 0 aliphatic rings. The van der Waals surface area contributed by atoms with Gasteiger partial charge >= 0.3 is 0 Å². The van der Waals surface area contributed by atoms with Gasteiger partial charge in [-0.15, -0.1) is 0 Å². The lowest BCUT2D eigenvalue weighted by Gasteiger charge is -2.20. The molecule has 0 bridgehead atoms. The Hall–Kier alpha value is -1.67. The Kier molecular flexibility index (Phi) is 5.05. The largest absolute Gasteiger partial charge is 0.488 e. The molecule has 5 heteroatoms. The number of hydrogen-bond acceptors (Lipinski definition) is 3. The summed E-state index contributed by atoms with van der Waals surface area (Å²) in [4.78, 5) is 0. The first kappa shape index (κ1) is 14.4. The van der Waals surface area contributed by atoms with Gasteiger partial charge in [0.2, 0.25) is 0 Å². The van der Waals surface area contributed by atoms with E-state index in [1.807, 2.05) is 0 Å². The number of benzene rings is 1. The molecule has 0 aliphatic carbocycles. The second-order valence-corrected chi connectivity index (χ2v) is 4.20. The number of para-hydroxylation sites is 1. The van der Waals surface area contributed by atoms with E-state index in [0.29, 0.717) is 12.8 Å². The molecule has 0 fully saturated rings. The van der Waals surface area contributed by atoms with E-state index in [1.54, 1.807) is 14.0 Å². The number of nitrogens with zero attached hydrogens (tertiary/aromatic N) is 1. The molecule has 0 amide bonds. The molecule has 1 aromatic rings. The molecule has 18 heavy (non-hydrogen) atoms. The van der Waals surface area contributed by atoms with Crippen LogP contribution in [0.1, 0.15) is 19.8 Å². The average Bonchev–Trinajstić information content (AvgIpc) is 2.37. The van der Waals surface area contributed by atoms with Crippen molar-refractivity contribution >= 4 is 0 Å². The van der Waals surface area contributed by atoms with E-state index in [2.05, 4.69) is 11.4 Å². The third kappa shape index (κ3) is 3.67. The van der Waals surface area contributed by atoms with Crippen LogP contribution in [0.3, 0.4) is 0 Å². The highest BCUT2D eigenvalue weighted by Gasteiger charge is 2.20. The fraction of sp³-hybridized carbons (Fsp3) is 0.462. The van der Waals surface area contributed by atoms with Crippen LogP contribution in [0.25, 0.3) is 0 Å². The summed E-state index contributed by atoms with van der Waals surface area (Å²) in [7, 11) is 1.70. The summed E-state index contributed by atoms with van der Waals surface area (Å²) in [5, 5.41) is 11.8. The highest BCUT2D eigenvalue weighted by Crippen LogP contribution is 2.21. The fourth-order valence-corrected chi connectivity index (χ4v) is 1.46. The van der Waals surface area contributed by atoms with Crippen molar-refractivity contribution in [3.63, 3.8) is 0 Å². The molecular weight excluding hydrogens is 238 g/mol. The molecule has 1 atom stereocenters. The summed E-state index contributed by atoms with van der Waals surface area (Å²) in [5.74, 6) is -1.79. The van der Waals surface area contributed by atoms with Gasteiger partial charge in [-0.05, 0) is 38.9 Å². The van der Waals surface area contributed by atoms with Gasteiger partial charge in [0.15, 0.2) is 17.4 Å². The quantitative estimate of drug-likeness (QED) is 0.794. The van der Waals surface area contributed by atoms with Gasteiger partial charge < -0.3 is 10.1 Å². The molecule has 98 valence electrons. The summed E-state index contributed by atoms with van der Waals surface area (Å²) >= 11 is 0. The third-order valence-corrected chi connectivity index (χ3v) is 2.78. The van der Waals surface area contributed by atoms with Crippen LogP contribution in [0.15, 0.2) is 18.2 Å². The van der Waals surface area contributed by atoms with Crippen molar-refractivity contribution in [2.75, 3.05) is 13.7 Å². The maximum atomic E-state index is 13.2. The minimum atomic E-state index is -0.716. The van der Waals surface area contributed by atoms with Crippen LogP contribution in [-0.2, 0) is 0 Å². The highest BCUT2D eigenvalue weighted by atomic mass is 19.1. The van der Waals surface area contributed by atoms with E-state index in [-0.39, 0.29) is 12.4 Å². The van der Waals surface area contributed by atoms with Crippen LogP contribution in [0.2, 0.25) is 0 Å². The summed E-state index contributed by atoms with van der Waals surface area (Å²) in [6.45, 7) is 1.92. The van der Waals surface area contributed by atoms with E-state index in [0.717, 1.165) is 12.1 Å². The van der Waals surface area contributed by atoms with Crippen molar-refractivity contribution in [3.05, 3.63) is 29.8 Å². The Bertz CT molecular complexity index is 425. The summed E-state index contributed by atoms with van der Waals surface area (Å²) in [6, 6.07) is 5.71. The maximum absolute atomic E-state index is 13.2. The number of hydrogen-bond donors (Lipinski definition) is 1. The smallest absolute Gasteiger partial charge is 0.190 e. The normalized spacial score (nSPS) is 13.7. The predicted octanol–water partition coefficient (Wildman–Crippen LogP) is 2.63. The molecule has 1 unspecified atom stereocenters. The topological polar surface area (TPSA) is 45.0 Å². The molecule has 0 heterocycles. The van der Waals surface area contributed by atoms with Gasteiger partial charge in [0.25, 0.3) is 0 Å². The van der Waals surface area contributed by atoms with Gasteiger partial charge in [-0.25, -0.2) is 8.78 Å². The minimum absolute atomic E-state index is 0.163. The lowest BCUT2D eigenvalue weighted by molar-refractivity contribution is 0.264. The molecule has 0 aliphatic heterocycles. The molecule has 0 aromatic heterocycles. The van der Waals surface area contributed by atoms with Crippen molar-refractivity contribution in [1.82, 2.24) is 5.32 Å². The van der Waals surface area contributed by atoms with E-state index in [9.17, 15) is 8.78 Å². The Labute approximate surface area is 105 Å². The first-order chi connectivity index (χ1) is 8.52. The van der Waals surface area contributed by atoms with Crippen LogP contribution < -0.4 is 10.1 Å². The molecule has 1 aromatic carbocycles. The van der Waals surface area contributed by atoms with Gasteiger partial charge in [0, 0.05) is 0 Å². The molecular formula is C13H16F2N2O. The standard InChI is InChI=1S/C13H16F2N2O/c1-13(9-16,17-2)7-4-8-18-12-10(14)5-3-6-11(12)15/h3,5-6,17H,4,7-8H2,1-2H3. The van der Waals surface area contributed by atoms with Crippen LogP contribution in [-0.4, -0.2) is 19.2 Å². The number of nitriles is 1. The Morgan fingerprint density at radius 2 is 2.00 bits per heavy atom. The molecule has 0 radical (unpaired) electrons. The second kappa shape index (κ2) is 6.31. The Morgan fingerprint density at radius 3 is 2.50 bits per heavy atom. The Balaban J connectivity index is 2.46. The van der Waals surface area contributed by atoms with E-state index < -0.39 is 17.2 Å². The van der Waals surface area contributed by atoms with E-state index in [1.165, 1.54) is 6.07 Å². The first-order valence-electron chi connectivity index (χ1n) is 5.69. The second-order valence-electron chi connectivity index (χ2n) is 4.20. The molecule has 0 spiro atoms. The summed E-state index contributed by atoms with van der Waals surface area (Å²) in [6.07, 6.45) is 1.06. The van der Waals surface area contributed by atoms with Gasteiger partial charge in [-0.2, -0.15) is 5.26 Å². The van der Waals surface area contributed by atoms with Crippen LogP contribution in [0.5, 0.6) is 5.75 Å². The molecule has 1 N–H and O–H groups in total. The summed E-state index contributed by atoms with van der Waals surface area (Å²) < 4.78 is 31.5. The van der Waals surface area contributed by atoms with Crippen molar-refractivity contribution in [1.29, 1.82) is 5.26 Å². The van der Waals surface area contributed by atoms with E-state index in [4.69, 9.17) is 10.00 Å². The first-order valence-corrected chi connectivity index (χ1v) is 5.69. The number of rotatable bonds is 6. The van der Waals surface area contributed by atoms with Gasteiger partial charge in [-0.3, -0.25) is 0 Å². The Morgan fingerprint density at radius 1 is 1.39 bits per heavy atom. The monoisotopic (exact) mass is 254 g/mol. The fourth-order valence-electron chi connectivity index (χ4n) is 1.46. The van der Waals surface area contributed by atoms with Crippen LogP contribution in [0.4, 0.5) is 8.78 Å². The van der Waals surface area contributed by atoms with Gasteiger partial charge in [0.05, 0.1) is 12.7 Å². The van der Waals surface area contributed by atoms with Crippen LogP contribution >= 0.6 is 0 Å². The highest BCUT2D eigenvalue weighted by molar-refractivity contribution is 5.25. The zero-order valence-electron chi connectivity index (χ0n) is 10.5. The molecule has 3 nitrogen and oxygen atoms in total. The van der Waals surface area contributed by atoms with Gasteiger partial charge in [0.1, 0.15) is 5.54 Å². The number of halogens is 2. The zero-order valence-corrected chi connectivity index (χ0v) is 10.5. The zero-order chi connectivity index (χ0) is 13.6. The number of ether oxygens (including phenoxy) is 1. The third-order valence-electron chi connectivity index (χ3n) is 2.78. The lowest BCUT2D eigenvalue weighted by atomic mass is 9.98. The maximum Gasteiger partial charge on any atom is 0.190 e. The van der Waals surface area contributed by atoms with Crippen molar-refractivity contribution in [2.45, 2.75) is 25.3 Å². The predicted molar refractivity (Wildman–Crippen MR) is 64.2 cm³/mol. The SMILES string of the molecule is CNC(C)(C#N)CCCOc1c(F)cccc1F. The van der Waals surface area contributed by atoms with Crippen molar-refractivity contribution in [3.8, 4) is 11.8 Å². The minimum Gasteiger partial charge on any atom is -0.488 e. The lowest BCUT2D eigenvalue weighted by Crippen LogP contribution is -2.38. The van der Waals surface area contributed by atoms with Gasteiger partial charge in [-0.1, -0.05) is 6.07 Å². The van der Waals surface area contributed by atoms with Crippen molar-refractivity contribution < 1.29 is 13.5 Å².